The molecule has 0 N–H and O–H groups in total. The topological polar surface area (TPSA) is 64.2 Å². The minimum Gasteiger partial charge on any atom is -0.356 e. The average Bonchev–Trinajstić information content (AvgIpc) is 3.11. The second-order valence-electron chi connectivity index (χ2n) is 7.11. The molecule has 1 aliphatic carbocycles. The summed E-state index contributed by atoms with van der Waals surface area (Å²) < 4.78 is 7.27. The lowest BCUT2D eigenvalue weighted by molar-refractivity contribution is -0.142. The van der Waals surface area contributed by atoms with E-state index in [-0.39, 0.29) is 12.0 Å². The number of carbonyl (C=O) groups excluding carboxylic acids is 1. The molecule has 0 radical (unpaired) electrons. The lowest BCUT2D eigenvalue weighted by atomic mass is 9.83. The van der Waals surface area contributed by atoms with Gasteiger partial charge in [-0.25, -0.2) is 0 Å². The highest BCUT2D eigenvalue weighted by molar-refractivity contribution is 5.80. The van der Waals surface area contributed by atoms with Crippen LogP contribution in [-0.2, 0) is 11.8 Å². The second-order valence-corrected chi connectivity index (χ2v) is 7.11. The van der Waals surface area contributed by atoms with E-state index in [1.54, 1.807) is 0 Å². The standard InChI is InChI=1S/C18H24N4O2/c1-12-10-16(24-20-12)14-11-21(2)19-17(14)15-8-3-4-9-22(15)18(23)13-6-5-7-13/h10-11,13,15H,3-9H2,1-2H3. The van der Waals surface area contributed by atoms with Gasteiger partial charge in [-0.3, -0.25) is 9.48 Å². The number of likely N-dealkylation sites (tertiary alicyclic amines) is 1. The van der Waals surface area contributed by atoms with Gasteiger partial charge in [-0.15, -0.1) is 0 Å². The van der Waals surface area contributed by atoms with Gasteiger partial charge in [0.25, 0.3) is 0 Å². The molecule has 2 aromatic heterocycles. The molecule has 1 saturated carbocycles. The number of piperidine rings is 1. The Kier molecular flexibility index (Phi) is 3.90. The minimum atomic E-state index is 0.0495. The van der Waals surface area contributed by atoms with Crippen molar-refractivity contribution >= 4 is 5.91 Å². The van der Waals surface area contributed by atoms with Crippen LogP contribution in [0.3, 0.4) is 0 Å². The van der Waals surface area contributed by atoms with Gasteiger partial charge in [0.15, 0.2) is 5.76 Å². The number of aryl methyl sites for hydroxylation is 2. The highest BCUT2D eigenvalue weighted by atomic mass is 16.5. The first-order chi connectivity index (χ1) is 11.6. The van der Waals surface area contributed by atoms with Crippen molar-refractivity contribution in [3.05, 3.63) is 23.7 Å². The summed E-state index contributed by atoms with van der Waals surface area (Å²) in [5, 5.41) is 8.69. The number of hydrogen-bond acceptors (Lipinski definition) is 4. The molecule has 128 valence electrons. The summed E-state index contributed by atoms with van der Waals surface area (Å²) in [6.07, 6.45) is 8.41. The first kappa shape index (κ1) is 15.4. The molecule has 0 spiro atoms. The van der Waals surface area contributed by atoms with E-state index in [1.165, 1.54) is 6.42 Å². The highest BCUT2D eigenvalue weighted by Gasteiger charge is 2.37. The van der Waals surface area contributed by atoms with Crippen molar-refractivity contribution in [2.75, 3.05) is 6.54 Å². The maximum absolute atomic E-state index is 12.9. The summed E-state index contributed by atoms with van der Waals surface area (Å²) in [6.45, 7) is 2.75. The van der Waals surface area contributed by atoms with Gasteiger partial charge < -0.3 is 9.42 Å². The van der Waals surface area contributed by atoms with Crippen molar-refractivity contribution in [3.8, 4) is 11.3 Å². The molecule has 2 aliphatic rings. The second kappa shape index (κ2) is 6.07. The van der Waals surface area contributed by atoms with E-state index < -0.39 is 0 Å². The zero-order valence-electron chi connectivity index (χ0n) is 14.4. The molecule has 1 atom stereocenters. The van der Waals surface area contributed by atoms with Crippen LogP contribution in [0.25, 0.3) is 11.3 Å². The van der Waals surface area contributed by atoms with Gasteiger partial charge >= 0.3 is 0 Å². The van der Waals surface area contributed by atoms with Crippen LogP contribution in [0.5, 0.6) is 0 Å². The summed E-state index contributed by atoms with van der Waals surface area (Å²) in [4.78, 5) is 15.0. The Labute approximate surface area is 141 Å². The van der Waals surface area contributed by atoms with Crippen LogP contribution >= 0.6 is 0 Å². The predicted octanol–water partition coefficient (Wildman–Crippen LogP) is 3.24. The summed E-state index contributed by atoms with van der Waals surface area (Å²) >= 11 is 0. The fourth-order valence-electron chi connectivity index (χ4n) is 3.80. The zero-order chi connectivity index (χ0) is 16.7. The van der Waals surface area contributed by atoms with E-state index in [2.05, 4.69) is 10.1 Å². The number of hydrogen-bond donors (Lipinski definition) is 0. The third-order valence-corrected chi connectivity index (χ3v) is 5.31. The van der Waals surface area contributed by atoms with E-state index in [4.69, 9.17) is 9.62 Å². The van der Waals surface area contributed by atoms with Gasteiger partial charge in [-0.2, -0.15) is 5.10 Å². The number of rotatable bonds is 3. The van der Waals surface area contributed by atoms with E-state index in [0.29, 0.717) is 5.91 Å². The maximum Gasteiger partial charge on any atom is 0.226 e. The molecule has 0 aromatic carbocycles. The van der Waals surface area contributed by atoms with Gasteiger partial charge in [0.1, 0.15) is 0 Å². The monoisotopic (exact) mass is 328 g/mol. The maximum atomic E-state index is 12.9. The van der Waals surface area contributed by atoms with Gasteiger partial charge in [0.05, 0.1) is 23.0 Å². The normalized spacial score (nSPS) is 21.8. The van der Waals surface area contributed by atoms with Crippen LogP contribution in [0, 0.1) is 12.8 Å². The molecule has 6 heteroatoms. The van der Waals surface area contributed by atoms with E-state index >= 15 is 0 Å². The molecule has 2 fully saturated rings. The fraction of sp³-hybridized carbons (Fsp3) is 0.611. The minimum absolute atomic E-state index is 0.0495. The Balaban J connectivity index is 1.69. The largest absolute Gasteiger partial charge is 0.356 e. The van der Waals surface area contributed by atoms with Gasteiger partial charge in [-0.1, -0.05) is 11.6 Å². The van der Waals surface area contributed by atoms with Gasteiger partial charge in [-0.05, 0) is 39.0 Å². The van der Waals surface area contributed by atoms with Crippen molar-refractivity contribution in [3.63, 3.8) is 0 Å². The zero-order valence-corrected chi connectivity index (χ0v) is 14.4. The SMILES string of the molecule is Cc1cc(-c2cn(C)nc2C2CCCCN2C(=O)C2CCC2)on1. The summed E-state index contributed by atoms with van der Waals surface area (Å²) in [7, 11) is 1.91. The fourth-order valence-corrected chi connectivity index (χ4v) is 3.80. The number of amides is 1. The molecule has 0 bridgehead atoms. The van der Waals surface area contributed by atoms with E-state index in [1.807, 2.05) is 30.9 Å². The van der Waals surface area contributed by atoms with Crippen molar-refractivity contribution < 1.29 is 9.32 Å². The third-order valence-electron chi connectivity index (χ3n) is 5.31. The van der Waals surface area contributed by atoms with Crippen molar-refractivity contribution in [1.82, 2.24) is 19.8 Å². The molecule has 2 aromatic rings. The van der Waals surface area contributed by atoms with Crippen LogP contribution in [0.15, 0.2) is 16.8 Å². The summed E-state index contributed by atoms with van der Waals surface area (Å²) in [5.41, 5.74) is 2.75. The van der Waals surface area contributed by atoms with Crippen LogP contribution < -0.4 is 0 Å². The van der Waals surface area contributed by atoms with E-state index in [0.717, 1.165) is 61.4 Å². The van der Waals surface area contributed by atoms with Gasteiger partial charge in [0, 0.05) is 31.8 Å². The van der Waals surface area contributed by atoms with Crippen LogP contribution in [0.1, 0.15) is 56.0 Å². The number of nitrogens with zero attached hydrogens (tertiary/aromatic N) is 4. The smallest absolute Gasteiger partial charge is 0.226 e. The first-order valence-electron chi connectivity index (χ1n) is 8.91. The average molecular weight is 328 g/mol. The van der Waals surface area contributed by atoms with Crippen LogP contribution in [-0.4, -0.2) is 32.3 Å². The Morgan fingerprint density at radius 3 is 2.75 bits per heavy atom. The van der Waals surface area contributed by atoms with Crippen LogP contribution in [0.2, 0.25) is 0 Å². The molecule has 4 rings (SSSR count). The quantitative estimate of drug-likeness (QED) is 0.867. The molecule has 1 unspecified atom stereocenters. The van der Waals surface area contributed by atoms with E-state index in [9.17, 15) is 4.79 Å². The first-order valence-corrected chi connectivity index (χ1v) is 8.91. The Hall–Kier alpha value is -2.11. The molecule has 1 saturated heterocycles. The lowest BCUT2D eigenvalue weighted by Crippen LogP contribution is -2.44. The Morgan fingerprint density at radius 1 is 1.25 bits per heavy atom. The Morgan fingerprint density at radius 2 is 2.08 bits per heavy atom. The number of carbonyl (C=O) groups is 1. The van der Waals surface area contributed by atoms with Crippen molar-refractivity contribution in [2.45, 2.75) is 51.5 Å². The molecular formula is C18H24N4O2. The van der Waals surface area contributed by atoms with Crippen molar-refractivity contribution in [2.24, 2.45) is 13.0 Å². The highest BCUT2D eigenvalue weighted by Crippen LogP contribution is 2.39. The molecule has 6 nitrogen and oxygen atoms in total. The number of aromatic nitrogens is 3. The molecule has 1 aliphatic heterocycles. The third kappa shape index (κ3) is 2.64. The summed E-state index contributed by atoms with van der Waals surface area (Å²) in [6, 6.07) is 1.98. The Bertz CT molecular complexity index is 744. The molecule has 3 heterocycles. The lowest BCUT2D eigenvalue weighted by Gasteiger charge is -2.39. The van der Waals surface area contributed by atoms with Crippen LogP contribution in [0.4, 0.5) is 0 Å². The molecule has 1 amide bonds. The molecule has 24 heavy (non-hydrogen) atoms. The van der Waals surface area contributed by atoms with Gasteiger partial charge in [0.2, 0.25) is 5.91 Å². The predicted molar refractivity (Wildman–Crippen MR) is 89.1 cm³/mol. The van der Waals surface area contributed by atoms with Crippen molar-refractivity contribution in [1.29, 1.82) is 0 Å². The molecular weight excluding hydrogens is 304 g/mol. The summed E-state index contributed by atoms with van der Waals surface area (Å²) in [5.74, 6) is 1.28.